The van der Waals surface area contributed by atoms with Crippen LogP contribution in [0.4, 0.5) is 14.9 Å². The molecule has 196 valence electrons. The van der Waals surface area contributed by atoms with E-state index in [4.69, 9.17) is 14.5 Å². The van der Waals surface area contributed by atoms with Crippen molar-refractivity contribution in [2.45, 2.75) is 64.0 Å². The molecule has 0 saturated carbocycles. The van der Waals surface area contributed by atoms with E-state index in [2.05, 4.69) is 4.57 Å². The molecule has 2 aromatic carbocycles. The van der Waals surface area contributed by atoms with E-state index in [1.807, 2.05) is 19.1 Å². The molecule has 0 unspecified atom stereocenters. The summed E-state index contributed by atoms with van der Waals surface area (Å²) in [4.78, 5) is 31.6. The third kappa shape index (κ3) is 4.56. The first kappa shape index (κ1) is 25.2. The number of carboxylic acid groups (broad SMARTS) is 1. The Morgan fingerprint density at radius 1 is 1.27 bits per heavy atom. The van der Waals surface area contributed by atoms with E-state index in [-0.39, 0.29) is 18.5 Å². The number of aryl methyl sites for hydroxylation is 2. The van der Waals surface area contributed by atoms with Crippen LogP contribution >= 0.6 is 0 Å². The predicted molar refractivity (Wildman–Crippen MR) is 137 cm³/mol. The summed E-state index contributed by atoms with van der Waals surface area (Å²) in [5.41, 5.74) is 4.24. The van der Waals surface area contributed by atoms with Gasteiger partial charge in [-0.3, -0.25) is 9.69 Å². The van der Waals surface area contributed by atoms with Crippen LogP contribution in [0.5, 0.6) is 0 Å². The summed E-state index contributed by atoms with van der Waals surface area (Å²) in [6.07, 6.45) is 2.97. The molecule has 1 fully saturated rings. The van der Waals surface area contributed by atoms with Gasteiger partial charge in [0, 0.05) is 24.6 Å². The first-order valence-corrected chi connectivity index (χ1v) is 12.8. The number of amides is 1. The first-order valence-electron chi connectivity index (χ1n) is 12.8. The lowest BCUT2D eigenvalue weighted by Gasteiger charge is -2.34. The van der Waals surface area contributed by atoms with Crippen molar-refractivity contribution in [2.24, 2.45) is 0 Å². The maximum Gasteiger partial charge on any atom is 0.414 e. The van der Waals surface area contributed by atoms with Gasteiger partial charge in [0.25, 0.3) is 0 Å². The van der Waals surface area contributed by atoms with Crippen molar-refractivity contribution < 1.29 is 28.6 Å². The smallest absolute Gasteiger partial charge is 0.414 e. The van der Waals surface area contributed by atoms with Crippen LogP contribution in [0.25, 0.3) is 11.0 Å². The fourth-order valence-corrected chi connectivity index (χ4v) is 5.66. The van der Waals surface area contributed by atoms with E-state index in [1.165, 1.54) is 13.2 Å². The molecule has 0 bridgehead atoms. The number of fused-ring (bicyclic) bond motifs is 3. The Morgan fingerprint density at radius 3 is 2.76 bits per heavy atom. The van der Waals surface area contributed by atoms with Crippen LogP contribution in [-0.2, 0) is 27.1 Å². The summed E-state index contributed by atoms with van der Waals surface area (Å²) >= 11 is 0. The molecule has 0 spiro atoms. The van der Waals surface area contributed by atoms with E-state index in [0.717, 1.165) is 48.0 Å². The van der Waals surface area contributed by atoms with Gasteiger partial charge in [-0.25, -0.2) is 14.2 Å². The summed E-state index contributed by atoms with van der Waals surface area (Å²) in [5.74, 6) is -1.80. The second-order valence-electron chi connectivity index (χ2n) is 10.0. The molecule has 1 saturated heterocycles. The lowest BCUT2D eigenvalue weighted by atomic mass is 9.94. The Labute approximate surface area is 215 Å². The molecule has 9 heteroatoms. The zero-order valence-corrected chi connectivity index (χ0v) is 21.4. The van der Waals surface area contributed by atoms with Crippen molar-refractivity contribution in [2.75, 3.05) is 25.2 Å². The van der Waals surface area contributed by atoms with Gasteiger partial charge in [0.2, 0.25) is 0 Å². The number of methoxy groups -OCH3 is 1. The summed E-state index contributed by atoms with van der Waals surface area (Å²) in [6, 6.07) is 8.47. The minimum atomic E-state index is -1.03. The summed E-state index contributed by atoms with van der Waals surface area (Å²) in [5, 5.41) is 10.1. The van der Waals surface area contributed by atoms with Gasteiger partial charge >= 0.3 is 12.1 Å². The highest BCUT2D eigenvalue weighted by molar-refractivity contribution is 5.95. The van der Waals surface area contributed by atoms with Crippen LogP contribution < -0.4 is 4.90 Å². The fraction of sp³-hybridized carbons (Fsp3) is 0.464. The second kappa shape index (κ2) is 10.1. The van der Waals surface area contributed by atoms with E-state index in [0.29, 0.717) is 30.2 Å². The number of ether oxygens (including phenoxy) is 2. The standard InChI is InChI=1S/C28H32FN3O5/c1-16-6-8-18(13-22(16)29)21(27(33)34)14-25-30-26-20-9-7-17(2)31(28(35)36-3)23(20)10-11-24(26)32(25)19-5-4-12-37-15-19/h6,8,10-11,13,17,19,21H,4-5,7,9,12,14-15H2,1-3H3,(H,33,34)/t17-,19-,21+/m0/s1. The SMILES string of the molecule is COC(=O)N1c2ccc3c(nc(C[C@@H](C(=O)O)c4ccc(C)c(F)c4)n3[C@H]3CCCOC3)c2CC[C@@H]1C. The Morgan fingerprint density at radius 2 is 2.08 bits per heavy atom. The number of carbonyl (C=O) groups is 2. The lowest BCUT2D eigenvalue weighted by Crippen LogP contribution is -2.42. The number of anilines is 1. The molecule has 0 radical (unpaired) electrons. The van der Waals surface area contributed by atoms with E-state index >= 15 is 0 Å². The van der Waals surface area contributed by atoms with Gasteiger partial charge < -0.3 is 19.1 Å². The van der Waals surface area contributed by atoms with Gasteiger partial charge in [-0.1, -0.05) is 12.1 Å². The summed E-state index contributed by atoms with van der Waals surface area (Å²) < 4.78 is 27.3. The number of imidazole rings is 1. The highest BCUT2D eigenvalue weighted by Gasteiger charge is 2.33. The topological polar surface area (TPSA) is 93.9 Å². The molecule has 8 nitrogen and oxygen atoms in total. The largest absolute Gasteiger partial charge is 0.481 e. The molecule has 2 aliphatic heterocycles. The number of aromatic nitrogens is 2. The second-order valence-corrected chi connectivity index (χ2v) is 10.0. The first-order chi connectivity index (χ1) is 17.8. The number of carbonyl (C=O) groups excluding carboxylic acids is 1. The molecule has 2 aliphatic rings. The maximum absolute atomic E-state index is 14.4. The van der Waals surface area contributed by atoms with Crippen LogP contribution in [-0.4, -0.2) is 53.1 Å². The molecule has 1 aromatic heterocycles. The maximum atomic E-state index is 14.4. The zero-order chi connectivity index (χ0) is 26.3. The van der Waals surface area contributed by atoms with Crippen molar-refractivity contribution in [1.82, 2.24) is 9.55 Å². The van der Waals surface area contributed by atoms with Crippen LogP contribution in [0.15, 0.2) is 30.3 Å². The van der Waals surface area contributed by atoms with E-state index in [1.54, 1.807) is 24.0 Å². The Balaban J connectivity index is 1.65. The van der Waals surface area contributed by atoms with Crippen LogP contribution in [0.1, 0.15) is 60.7 Å². The quantitative estimate of drug-likeness (QED) is 0.511. The normalized spacial score (nSPS) is 20.5. The third-order valence-electron chi connectivity index (χ3n) is 7.68. The minimum absolute atomic E-state index is 0.00947. The summed E-state index contributed by atoms with van der Waals surface area (Å²) in [6.45, 7) is 4.85. The zero-order valence-electron chi connectivity index (χ0n) is 21.4. The average molecular weight is 510 g/mol. The molecule has 5 rings (SSSR count). The molecule has 1 N–H and O–H groups in total. The summed E-state index contributed by atoms with van der Waals surface area (Å²) in [7, 11) is 1.37. The molecule has 3 aromatic rings. The number of aliphatic carboxylic acids is 1. The highest BCUT2D eigenvalue weighted by atomic mass is 19.1. The number of hydrogen-bond acceptors (Lipinski definition) is 5. The third-order valence-corrected chi connectivity index (χ3v) is 7.68. The number of hydrogen-bond donors (Lipinski definition) is 1. The minimum Gasteiger partial charge on any atom is -0.481 e. The van der Waals surface area contributed by atoms with Crippen LogP contribution in [0, 0.1) is 12.7 Å². The van der Waals surface area contributed by atoms with Crippen LogP contribution in [0.2, 0.25) is 0 Å². The van der Waals surface area contributed by atoms with Gasteiger partial charge in [0.15, 0.2) is 0 Å². The molecule has 3 atom stereocenters. The monoisotopic (exact) mass is 509 g/mol. The van der Waals surface area contributed by atoms with Crippen molar-refractivity contribution in [3.05, 3.63) is 58.7 Å². The number of rotatable bonds is 5. The molecular weight excluding hydrogens is 477 g/mol. The number of halogens is 1. The van der Waals surface area contributed by atoms with Crippen molar-refractivity contribution in [3.8, 4) is 0 Å². The predicted octanol–water partition coefficient (Wildman–Crippen LogP) is 5.15. The van der Waals surface area contributed by atoms with E-state index < -0.39 is 23.8 Å². The van der Waals surface area contributed by atoms with Gasteiger partial charge in [-0.2, -0.15) is 0 Å². The number of carboxylic acids is 1. The van der Waals surface area contributed by atoms with Gasteiger partial charge in [0.1, 0.15) is 11.6 Å². The highest BCUT2D eigenvalue weighted by Crippen LogP contribution is 2.39. The molecule has 3 heterocycles. The Hall–Kier alpha value is -3.46. The molecule has 37 heavy (non-hydrogen) atoms. The van der Waals surface area contributed by atoms with Crippen molar-refractivity contribution in [1.29, 1.82) is 0 Å². The van der Waals surface area contributed by atoms with Crippen molar-refractivity contribution in [3.63, 3.8) is 0 Å². The van der Waals surface area contributed by atoms with Crippen LogP contribution in [0.3, 0.4) is 0 Å². The molecule has 0 aliphatic carbocycles. The number of benzene rings is 2. The number of nitrogens with zero attached hydrogens (tertiary/aromatic N) is 3. The van der Waals surface area contributed by atoms with Crippen molar-refractivity contribution >= 4 is 28.8 Å². The fourth-order valence-electron chi connectivity index (χ4n) is 5.66. The average Bonchev–Trinajstić information content (AvgIpc) is 3.27. The van der Waals surface area contributed by atoms with Gasteiger partial charge in [-0.05, 0) is 68.9 Å². The Kier molecular flexibility index (Phi) is 6.90. The van der Waals surface area contributed by atoms with Gasteiger partial charge in [-0.15, -0.1) is 0 Å². The lowest BCUT2D eigenvalue weighted by molar-refractivity contribution is -0.138. The van der Waals surface area contributed by atoms with E-state index in [9.17, 15) is 19.1 Å². The van der Waals surface area contributed by atoms with Gasteiger partial charge in [0.05, 0.1) is 42.4 Å². The molecular formula is C28H32FN3O5. The Bertz CT molecular complexity index is 1350. The molecule has 1 amide bonds.